The summed E-state index contributed by atoms with van der Waals surface area (Å²) in [6.07, 6.45) is 0.299. The fraction of sp³-hybridized carbons (Fsp3) is 0.350. The molecule has 0 radical (unpaired) electrons. The minimum atomic E-state index is -1.28. The number of aliphatic carboxylic acids is 1. The topological polar surface area (TPSA) is 222 Å². The fourth-order valence-electron chi connectivity index (χ4n) is 3.90. The van der Waals surface area contributed by atoms with E-state index >= 15 is 0 Å². The van der Waals surface area contributed by atoms with Crippen molar-refractivity contribution in [3.63, 3.8) is 0 Å². The molecule has 0 spiro atoms. The highest BCUT2D eigenvalue weighted by molar-refractivity contribution is 8.01. The number of amides is 4. The second-order valence-electron chi connectivity index (χ2n) is 7.84. The van der Waals surface area contributed by atoms with Gasteiger partial charge in [-0.3, -0.25) is 14.5 Å². The molecule has 2 aliphatic heterocycles. The summed E-state index contributed by atoms with van der Waals surface area (Å²) in [5.74, 6) is -2.10. The fourth-order valence-corrected chi connectivity index (χ4v) is 6.44. The first kappa shape index (κ1) is 25.5. The maximum absolute atomic E-state index is 13.0. The standard InChI is InChI=1S/C20H23N9O5S2/c21-12(9-4-2-1-3-5-9)15(30)24-13-16(31)29-14(18(32)33)10(8-35-17(13)29)11(6-7-23-19(22)34)36-20-25-27-28-26-20/h1-5,11-13,17H,6-8,21H2,(H,24,30)(H,32,33)(H3,22,23,34)(H,25,26,27,28)/t11?,12?,13?,17-/m0/s1. The predicted molar refractivity (Wildman–Crippen MR) is 129 cm³/mol. The van der Waals surface area contributed by atoms with Crippen LogP contribution in [0.25, 0.3) is 0 Å². The number of β-lactam (4-membered cyclic amide) rings is 1. The number of H-pyrrole nitrogens is 1. The molecule has 0 bridgehead atoms. The maximum Gasteiger partial charge on any atom is 0.352 e. The predicted octanol–water partition coefficient (Wildman–Crippen LogP) is -0.843. The largest absolute Gasteiger partial charge is 0.477 e. The number of rotatable bonds is 10. The Balaban J connectivity index is 1.53. The molecule has 2 aliphatic rings. The molecule has 4 rings (SSSR count). The van der Waals surface area contributed by atoms with Gasteiger partial charge in [-0.1, -0.05) is 42.1 Å². The molecule has 190 valence electrons. The summed E-state index contributed by atoms with van der Waals surface area (Å²) < 4.78 is 0. The lowest BCUT2D eigenvalue weighted by molar-refractivity contribution is -0.150. The number of nitrogens with one attached hydrogen (secondary N) is 3. The van der Waals surface area contributed by atoms with E-state index in [0.29, 0.717) is 17.6 Å². The molecule has 3 unspecified atom stereocenters. The molecule has 1 aromatic carbocycles. The Labute approximate surface area is 213 Å². The van der Waals surface area contributed by atoms with Crippen LogP contribution >= 0.6 is 23.5 Å². The lowest BCUT2D eigenvalue weighted by atomic mass is 9.99. The molecular formula is C20H23N9O5S2. The SMILES string of the molecule is NC(=O)NCCC(Sc1nn[nH]n1)C1=C(C(=O)O)N2C(=O)C(NC(=O)C(N)c3ccccc3)[C@@H]2SC1. The van der Waals surface area contributed by atoms with Gasteiger partial charge in [-0.25, -0.2) is 9.59 Å². The molecule has 16 heteroatoms. The first-order valence-electron chi connectivity index (χ1n) is 10.7. The second kappa shape index (κ2) is 11.0. The molecule has 4 atom stereocenters. The zero-order chi connectivity index (χ0) is 25.8. The van der Waals surface area contributed by atoms with Crippen LogP contribution in [0.2, 0.25) is 0 Å². The normalized spacial score (nSPS) is 20.7. The van der Waals surface area contributed by atoms with E-state index in [4.69, 9.17) is 11.5 Å². The van der Waals surface area contributed by atoms with Crippen LogP contribution < -0.4 is 22.1 Å². The van der Waals surface area contributed by atoms with Gasteiger partial charge in [-0.2, -0.15) is 5.21 Å². The van der Waals surface area contributed by atoms with Crippen LogP contribution in [0.1, 0.15) is 18.0 Å². The highest BCUT2D eigenvalue weighted by Crippen LogP contribution is 2.44. The first-order valence-corrected chi connectivity index (χ1v) is 12.7. The number of carbonyl (C=O) groups is 4. The molecule has 2 aromatic rings. The van der Waals surface area contributed by atoms with Crippen molar-refractivity contribution in [2.75, 3.05) is 12.3 Å². The number of benzene rings is 1. The molecule has 1 fully saturated rings. The van der Waals surface area contributed by atoms with Crippen LogP contribution in [0.5, 0.6) is 0 Å². The van der Waals surface area contributed by atoms with E-state index in [9.17, 15) is 24.3 Å². The minimum Gasteiger partial charge on any atom is -0.477 e. The number of carboxylic acids is 1. The van der Waals surface area contributed by atoms with Crippen LogP contribution in [-0.2, 0) is 14.4 Å². The van der Waals surface area contributed by atoms with Gasteiger partial charge in [-0.05, 0) is 22.8 Å². The number of thioether (sulfide) groups is 2. The second-order valence-corrected chi connectivity index (χ2v) is 10.1. The summed E-state index contributed by atoms with van der Waals surface area (Å²) in [5, 5.41) is 28.0. The van der Waals surface area contributed by atoms with Gasteiger partial charge in [0.15, 0.2) is 0 Å². The molecule has 1 aromatic heterocycles. The van der Waals surface area contributed by atoms with Crippen molar-refractivity contribution < 1.29 is 24.3 Å². The van der Waals surface area contributed by atoms with Crippen molar-refractivity contribution in [3.8, 4) is 0 Å². The average molecular weight is 534 g/mol. The molecule has 8 N–H and O–H groups in total. The van der Waals surface area contributed by atoms with Gasteiger partial charge >= 0.3 is 12.0 Å². The van der Waals surface area contributed by atoms with Gasteiger partial charge in [-0.15, -0.1) is 22.0 Å². The molecule has 0 aliphatic carbocycles. The van der Waals surface area contributed by atoms with E-state index in [0.717, 1.165) is 11.8 Å². The van der Waals surface area contributed by atoms with Crippen molar-refractivity contribution in [1.29, 1.82) is 0 Å². The van der Waals surface area contributed by atoms with Crippen LogP contribution in [0, 0.1) is 0 Å². The Kier molecular flexibility index (Phi) is 7.76. The number of hydrogen-bond donors (Lipinski definition) is 6. The molecular weight excluding hydrogens is 510 g/mol. The van der Waals surface area contributed by atoms with E-state index in [-0.39, 0.29) is 23.2 Å². The number of carbonyl (C=O) groups excluding carboxylic acids is 3. The lowest BCUT2D eigenvalue weighted by Crippen LogP contribution is -2.71. The van der Waals surface area contributed by atoms with E-state index in [1.54, 1.807) is 30.3 Å². The van der Waals surface area contributed by atoms with Crippen LogP contribution in [0.15, 0.2) is 46.8 Å². The van der Waals surface area contributed by atoms with Crippen LogP contribution in [0.4, 0.5) is 4.79 Å². The summed E-state index contributed by atoms with van der Waals surface area (Å²) in [5.41, 5.74) is 12.1. The minimum absolute atomic E-state index is 0.165. The van der Waals surface area contributed by atoms with Gasteiger partial charge in [0.25, 0.3) is 5.91 Å². The number of nitrogens with two attached hydrogens (primary N) is 2. The maximum atomic E-state index is 13.0. The number of aromatic amines is 1. The Bertz CT molecular complexity index is 1180. The van der Waals surface area contributed by atoms with Gasteiger partial charge in [0.05, 0.1) is 0 Å². The number of tetrazole rings is 1. The Morgan fingerprint density at radius 3 is 2.69 bits per heavy atom. The summed E-state index contributed by atoms with van der Waals surface area (Å²) >= 11 is 2.47. The van der Waals surface area contributed by atoms with Gasteiger partial charge in [0.1, 0.15) is 23.2 Å². The zero-order valence-electron chi connectivity index (χ0n) is 18.7. The average Bonchev–Trinajstić information content (AvgIpc) is 3.38. The van der Waals surface area contributed by atoms with Crippen molar-refractivity contribution in [3.05, 3.63) is 47.2 Å². The summed E-state index contributed by atoms with van der Waals surface area (Å²) in [7, 11) is 0. The highest BCUT2D eigenvalue weighted by atomic mass is 32.2. The van der Waals surface area contributed by atoms with E-state index in [1.807, 2.05) is 0 Å². The number of fused-ring (bicyclic) bond motifs is 1. The number of aromatic nitrogens is 4. The first-order chi connectivity index (χ1) is 17.3. The molecule has 3 heterocycles. The van der Waals surface area contributed by atoms with Crippen molar-refractivity contribution in [2.45, 2.75) is 34.3 Å². The molecule has 14 nitrogen and oxygen atoms in total. The summed E-state index contributed by atoms with van der Waals surface area (Å²) in [6, 6.07) is 6.13. The monoisotopic (exact) mass is 533 g/mol. The van der Waals surface area contributed by atoms with Crippen molar-refractivity contribution in [1.82, 2.24) is 36.2 Å². The molecule has 4 amide bonds. The van der Waals surface area contributed by atoms with Crippen LogP contribution in [-0.4, -0.2) is 83.4 Å². The Hall–Kier alpha value is -3.63. The van der Waals surface area contributed by atoms with Crippen molar-refractivity contribution >= 4 is 47.3 Å². The quantitative estimate of drug-likeness (QED) is 0.163. The third-order valence-electron chi connectivity index (χ3n) is 5.61. The third kappa shape index (κ3) is 5.29. The zero-order valence-corrected chi connectivity index (χ0v) is 20.3. The Morgan fingerprint density at radius 1 is 1.31 bits per heavy atom. The summed E-state index contributed by atoms with van der Waals surface area (Å²) in [4.78, 5) is 50.3. The number of nitrogens with zero attached hydrogens (tertiary/aromatic N) is 4. The van der Waals surface area contributed by atoms with E-state index in [1.165, 1.54) is 16.7 Å². The molecule has 0 saturated carbocycles. The lowest BCUT2D eigenvalue weighted by Gasteiger charge is -2.50. The van der Waals surface area contributed by atoms with E-state index in [2.05, 4.69) is 31.3 Å². The number of hydrogen-bond acceptors (Lipinski definition) is 10. The number of carboxylic acid groups (broad SMARTS) is 1. The number of primary amides is 1. The molecule has 36 heavy (non-hydrogen) atoms. The van der Waals surface area contributed by atoms with Crippen molar-refractivity contribution in [2.24, 2.45) is 11.5 Å². The smallest absolute Gasteiger partial charge is 0.352 e. The number of urea groups is 1. The highest BCUT2D eigenvalue weighted by Gasteiger charge is 2.55. The van der Waals surface area contributed by atoms with E-state index < -0.39 is 46.5 Å². The van der Waals surface area contributed by atoms with Crippen LogP contribution in [0.3, 0.4) is 0 Å². The van der Waals surface area contributed by atoms with Gasteiger partial charge < -0.3 is 27.2 Å². The molecule has 1 saturated heterocycles. The van der Waals surface area contributed by atoms with Gasteiger partial charge in [0, 0.05) is 17.5 Å². The summed E-state index contributed by atoms with van der Waals surface area (Å²) in [6.45, 7) is 0.166. The third-order valence-corrected chi connectivity index (χ3v) is 8.10. The van der Waals surface area contributed by atoms with Gasteiger partial charge in [0.2, 0.25) is 11.1 Å². The Morgan fingerprint density at radius 2 is 2.06 bits per heavy atom.